The van der Waals surface area contributed by atoms with E-state index in [1.54, 1.807) is 30.3 Å². The fourth-order valence-corrected chi connectivity index (χ4v) is 4.74. The van der Waals surface area contributed by atoms with E-state index < -0.39 is 18.5 Å². The number of carbonyl (C=O) groups is 4. The van der Waals surface area contributed by atoms with Crippen LogP contribution >= 0.6 is 23.2 Å². The number of hydrogen-bond donors (Lipinski definition) is 1. The van der Waals surface area contributed by atoms with Crippen LogP contribution in [0.4, 0.5) is 11.4 Å². The molecule has 0 unspecified atom stereocenters. The summed E-state index contributed by atoms with van der Waals surface area (Å²) < 4.78 is 5.05. The molecule has 1 saturated heterocycles. The third-order valence-corrected chi connectivity index (χ3v) is 6.93. The van der Waals surface area contributed by atoms with Crippen LogP contribution in [0.2, 0.25) is 10.0 Å². The summed E-state index contributed by atoms with van der Waals surface area (Å²) in [5, 5.41) is 3.00. The molecule has 1 aliphatic heterocycles. The molecule has 2 aromatic rings. The van der Waals surface area contributed by atoms with Gasteiger partial charge in [-0.15, -0.1) is 0 Å². The highest BCUT2D eigenvalue weighted by atomic mass is 35.5. The maximum Gasteiger partial charge on any atom is 0.338 e. The number of nitrogens with zero attached hydrogens (tertiary/aromatic N) is 1. The number of amides is 3. The zero-order valence-corrected chi connectivity index (χ0v) is 19.4. The van der Waals surface area contributed by atoms with Crippen molar-refractivity contribution >= 4 is 58.3 Å². The van der Waals surface area contributed by atoms with E-state index in [4.69, 9.17) is 27.9 Å². The van der Waals surface area contributed by atoms with Crippen LogP contribution in [0.15, 0.2) is 42.5 Å². The molecule has 2 aromatic carbocycles. The zero-order chi connectivity index (χ0) is 23.7. The molecule has 33 heavy (non-hydrogen) atoms. The maximum absolute atomic E-state index is 12.8. The summed E-state index contributed by atoms with van der Waals surface area (Å²) in [7, 11) is 0. The van der Waals surface area contributed by atoms with Crippen LogP contribution in [0.25, 0.3) is 0 Å². The summed E-state index contributed by atoms with van der Waals surface area (Å²) in [4.78, 5) is 51.3. The SMILES string of the molecule is C[C@@H]1CC[C@@H]2C(=O)N(c3ccc(C(=O)OCC(=O)Nc4cccc(Cl)c4Cl)cc3)C(=O)[C@H]2C1. The van der Waals surface area contributed by atoms with Crippen LogP contribution in [0.1, 0.15) is 36.5 Å². The molecule has 3 atom stereocenters. The fourth-order valence-electron chi connectivity index (χ4n) is 4.39. The van der Waals surface area contributed by atoms with Gasteiger partial charge in [0.1, 0.15) is 0 Å². The topological polar surface area (TPSA) is 92.8 Å². The lowest BCUT2D eigenvalue weighted by Gasteiger charge is -2.25. The smallest absolute Gasteiger partial charge is 0.338 e. The number of anilines is 2. The number of imide groups is 1. The summed E-state index contributed by atoms with van der Waals surface area (Å²) >= 11 is 11.9. The lowest BCUT2D eigenvalue weighted by molar-refractivity contribution is -0.122. The Balaban J connectivity index is 1.36. The molecule has 172 valence electrons. The Morgan fingerprint density at radius 3 is 2.45 bits per heavy atom. The Kier molecular flexibility index (Phi) is 6.72. The van der Waals surface area contributed by atoms with Crippen LogP contribution < -0.4 is 10.2 Å². The Bertz CT molecular complexity index is 1120. The molecule has 1 N–H and O–H groups in total. The average Bonchev–Trinajstić information content (AvgIpc) is 3.04. The highest BCUT2D eigenvalue weighted by Crippen LogP contribution is 2.42. The number of nitrogens with one attached hydrogen (secondary N) is 1. The number of rotatable bonds is 5. The standard InChI is InChI=1S/C24H22Cl2N2O5/c1-13-5-10-16-17(11-13)23(31)28(22(16)30)15-8-6-14(7-9-15)24(32)33-12-20(29)27-19-4-2-3-18(25)21(19)26/h2-4,6-9,13,16-17H,5,10-12H2,1H3,(H,27,29)/t13-,16+,17+/m1/s1. The molecule has 1 saturated carbocycles. The van der Waals surface area contributed by atoms with Gasteiger partial charge in [-0.3, -0.25) is 19.3 Å². The predicted molar refractivity (Wildman–Crippen MR) is 124 cm³/mol. The maximum atomic E-state index is 12.8. The molecule has 0 spiro atoms. The number of hydrogen-bond acceptors (Lipinski definition) is 5. The second kappa shape index (κ2) is 9.53. The first-order valence-electron chi connectivity index (χ1n) is 10.6. The number of benzene rings is 2. The number of halogens is 2. The molecule has 1 heterocycles. The molecule has 4 rings (SSSR count). The third-order valence-electron chi connectivity index (χ3n) is 6.11. The van der Waals surface area contributed by atoms with Gasteiger partial charge >= 0.3 is 5.97 Å². The second-order valence-corrected chi connectivity index (χ2v) is 9.20. The van der Waals surface area contributed by atoms with E-state index in [0.29, 0.717) is 17.3 Å². The van der Waals surface area contributed by atoms with Crippen molar-refractivity contribution in [1.29, 1.82) is 0 Å². The molecular weight excluding hydrogens is 467 g/mol. The van der Waals surface area contributed by atoms with Gasteiger partial charge in [-0.1, -0.05) is 36.2 Å². The first-order valence-corrected chi connectivity index (χ1v) is 11.4. The van der Waals surface area contributed by atoms with Crippen molar-refractivity contribution in [2.45, 2.75) is 26.2 Å². The fraction of sp³-hybridized carbons (Fsp3) is 0.333. The quantitative estimate of drug-likeness (QED) is 0.485. The van der Waals surface area contributed by atoms with Crippen molar-refractivity contribution in [1.82, 2.24) is 0 Å². The van der Waals surface area contributed by atoms with E-state index in [1.807, 2.05) is 0 Å². The first-order chi connectivity index (χ1) is 15.8. The molecule has 1 aliphatic carbocycles. The highest BCUT2D eigenvalue weighted by molar-refractivity contribution is 6.44. The predicted octanol–water partition coefficient (Wildman–Crippen LogP) is 4.71. The van der Waals surface area contributed by atoms with E-state index in [-0.39, 0.29) is 39.3 Å². The largest absolute Gasteiger partial charge is 0.452 e. The van der Waals surface area contributed by atoms with E-state index in [0.717, 1.165) is 19.3 Å². The van der Waals surface area contributed by atoms with Gasteiger partial charge in [0.25, 0.3) is 5.91 Å². The lowest BCUT2D eigenvalue weighted by atomic mass is 9.76. The zero-order valence-electron chi connectivity index (χ0n) is 17.8. The minimum absolute atomic E-state index is 0.177. The Morgan fingerprint density at radius 1 is 1.03 bits per heavy atom. The molecule has 9 heteroatoms. The Morgan fingerprint density at radius 2 is 1.73 bits per heavy atom. The first kappa shape index (κ1) is 23.3. The summed E-state index contributed by atoms with van der Waals surface area (Å²) in [5.74, 6) is -1.74. The van der Waals surface area contributed by atoms with Crippen LogP contribution in [0.3, 0.4) is 0 Å². The average molecular weight is 489 g/mol. The van der Waals surface area contributed by atoms with Gasteiger partial charge < -0.3 is 10.1 Å². The molecule has 2 aliphatic rings. The van der Waals surface area contributed by atoms with Crippen molar-refractivity contribution in [3.63, 3.8) is 0 Å². The minimum atomic E-state index is -0.713. The highest BCUT2D eigenvalue weighted by Gasteiger charge is 2.49. The van der Waals surface area contributed by atoms with Crippen LogP contribution in [0, 0.1) is 17.8 Å². The van der Waals surface area contributed by atoms with E-state index >= 15 is 0 Å². The van der Waals surface area contributed by atoms with Crippen molar-refractivity contribution in [3.8, 4) is 0 Å². The van der Waals surface area contributed by atoms with Crippen LogP contribution in [0.5, 0.6) is 0 Å². The second-order valence-electron chi connectivity index (χ2n) is 8.42. The monoisotopic (exact) mass is 488 g/mol. The number of ether oxygens (including phenoxy) is 1. The normalized spacial score (nSPS) is 22.2. The van der Waals surface area contributed by atoms with E-state index in [1.165, 1.54) is 17.0 Å². The molecule has 0 radical (unpaired) electrons. The number of esters is 1. The van der Waals surface area contributed by atoms with E-state index in [2.05, 4.69) is 12.2 Å². The Labute approximate surface area is 201 Å². The van der Waals surface area contributed by atoms with Crippen molar-refractivity contribution < 1.29 is 23.9 Å². The van der Waals surface area contributed by atoms with Gasteiger partial charge in [-0.25, -0.2) is 4.79 Å². The summed E-state index contributed by atoms with van der Waals surface area (Å²) in [6, 6.07) is 10.8. The van der Waals surface area contributed by atoms with Crippen molar-refractivity contribution in [2.75, 3.05) is 16.8 Å². The molecule has 0 aromatic heterocycles. The molecular formula is C24H22Cl2N2O5. The summed E-state index contributed by atoms with van der Waals surface area (Å²) in [6.07, 6.45) is 2.38. The Hall–Kier alpha value is -2.90. The van der Waals surface area contributed by atoms with Crippen LogP contribution in [-0.4, -0.2) is 30.3 Å². The summed E-state index contributed by atoms with van der Waals surface area (Å²) in [6.45, 7) is 1.58. The van der Waals surface area contributed by atoms with Gasteiger partial charge in [-0.05, 0) is 61.6 Å². The van der Waals surface area contributed by atoms with Crippen molar-refractivity contribution in [2.24, 2.45) is 17.8 Å². The summed E-state index contributed by atoms with van der Waals surface area (Å²) in [5.41, 5.74) is 0.930. The molecule has 3 amide bonds. The van der Waals surface area contributed by atoms with Gasteiger partial charge in [0, 0.05) is 0 Å². The van der Waals surface area contributed by atoms with E-state index in [9.17, 15) is 19.2 Å². The lowest BCUT2D eigenvalue weighted by Crippen LogP contribution is -2.30. The van der Waals surface area contributed by atoms with Crippen molar-refractivity contribution in [3.05, 3.63) is 58.1 Å². The van der Waals surface area contributed by atoms with Crippen LogP contribution in [-0.2, 0) is 19.1 Å². The molecule has 2 fully saturated rings. The number of carbonyl (C=O) groups excluding carboxylic acids is 4. The minimum Gasteiger partial charge on any atom is -0.452 e. The van der Waals surface area contributed by atoms with Gasteiger partial charge in [0.2, 0.25) is 11.8 Å². The van der Waals surface area contributed by atoms with Gasteiger partial charge in [-0.2, -0.15) is 0 Å². The molecule has 7 nitrogen and oxygen atoms in total. The number of fused-ring (bicyclic) bond motifs is 1. The molecule has 0 bridgehead atoms. The van der Waals surface area contributed by atoms with Gasteiger partial charge in [0.05, 0.1) is 38.8 Å². The van der Waals surface area contributed by atoms with Gasteiger partial charge in [0.15, 0.2) is 6.61 Å². The third kappa shape index (κ3) is 4.75.